The van der Waals surface area contributed by atoms with Gasteiger partial charge in [-0.3, -0.25) is 14.2 Å². The van der Waals surface area contributed by atoms with Crippen LogP contribution in [0.25, 0.3) is 10.9 Å². The summed E-state index contributed by atoms with van der Waals surface area (Å²) >= 11 is 0. The maximum absolute atomic E-state index is 12.1. The number of aromatic nitrogens is 2. The fraction of sp³-hybridized carbons (Fsp3) is 0.308. The van der Waals surface area contributed by atoms with Gasteiger partial charge in [-0.25, -0.2) is 4.98 Å². The van der Waals surface area contributed by atoms with Crippen LogP contribution in [0.4, 0.5) is 0 Å². The van der Waals surface area contributed by atoms with Crippen LogP contribution in [0.2, 0.25) is 0 Å². The molecule has 0 fully saturated rings. The van der Waals surface area contributed by atoms with E-state index in [0.29, 0.717) is 24.0 Å². The van der Waals surface area contributed by atoms with Crippen LogP contribution in [0.3, 0.4) is 0 Å². The van der Waals surface area contributed by atoms with E-state index in [4.69, 9.17) is 0 Å². The highest BCUT2D eigenvalue weighted by Gasteiger charge is 2.07. The molecule has 1 aromatic carbocycles. The van der Waals surface area contributed by atoms with Gasteiger partial charge in [-0.2, -0.15) is 0 Å². The molecule has 0 aliphatic heterocycles. The number of fused-ring (bicyclic) bond motifs is 1. The van der Waals surface area contributed by atoms with Crippen molar-refractivity contribution < 1.29 is 4.79 Å². The number of nitrogens with one attached hydrogen (secondary N) is 2. The predicted octanol–water partition coefficient (Wildman–Crippen LogP) is -0.268. The van der Waals surface area contributed by atoms with Gasteiger partial charge in [0.2, 0.25) is 5.91 Å². The molecule has 0 saturated carbocycles. The summed E-state index contributed by atoms with van der Waals surface area (Å²) in [6, 6.07) is 7.08. The lowest BCUT2D eigenvalue weighted by Crippen LogP contribution is -2.35. The lowest BCUT2D eigenvalue weighted by Gasteiger charge is -2.07. The first kappa shape index (κ1) is 13.2. The number of likely N-dealkylation sites (N-methyl/N-ethyl adjacent to an activating group) is 1. The van der Waals surface area contributed by atoms with Gasteiger partial charge < -0.3 is 10.6 Å². The Morgan fingerprint density at radius 1 is 1.32 bits per heavy atom. The lowest BCUT2D eigenvalue weighted by molar-refractivity contribution is -0.121. The van der Waals surface area contributed by atoms with Crippen molar-refractivity contribution in [2.24, 2.45) is 0 Å². The molecule has 0 aliphatic rings. The number of rotatable bonds is 5. The van der Waals surface area contributed by atoms with E-state index in [1.54, 1.807) is 18.2 Å². The summed E-state index contributed by atoms with van der Waals surface area (Å²) in [5, 5.41) is 6.17. The van der Waals surface area contributed by atoms with Crippen LogP contribution in [0, 0.1) is 0 Å². The maximum Gasteiger partial charge on any atom is 0.261 e. The van der Waals surface area contributed by atoms with Crippen LogP contribution >= 0.6 is 0 Å². The van der Waals surface area contributed by atoms with E-state index in [9.17, 15) is 9.59 Å². The largest absolute Gasteiger partial charge is 0.353 e. The summed E-state index contributed by atoms with van der Waals surface area (Å²) in [6.45, 7) is 1.21. The van der Waals surface area contributed by atoms with Crippen molar-refractivity contribution >= 4 is 16.8 Å². The minimum Gasteiger partial charge on any atom is -0.353 e. The molecule has 0 aliphatic carbocycles. The Bertz CT molecular complexity index is 636. The highest BCUT2D eigenvalue weighted by Crippen LogP contribution is 2.04. The zero-order valence-corrected chi connectivity index (χ0v) is 10.7. The molecule has 0 spiro atoms. The summed E-state index contributed by atoms with van der Waals surface area (Å²) in [7, 11) is 1.81. The summed E-state index contributed by atoms with van der Waals surface area (Å²) in [5.74, 6) is -0.200. The van der Waals surface area contributed by atoms with Crippen molar-refractivity contribution in [2.45, 2.75) is 6.54 Å². The van der Waals surface area contributed by atoms with Crippen LogP contribution in [-0.4, -0.2) is 35.6 Å². The quantitative estimate of drug-likeness (QED) is 0.726. The van der Waals surface area contributed by atoms with Crippen LogP contribution in [0.15, 0.2) is 35.4 Å². The smallest absolute Gasteiger partial charge is 0.261 e. The Hall–Kier alpha value is -2.21. The molecule has 1 amide bonds. The second-order valence-corrected chi connectivity index (χ2v) is 4.15. The molecule has 0 bridgehead atoms. The molecular formula is C13H16N4O2. The van der Waals surface area contributed by atoms with Crippen molar-refractivity contribution in [1.29, 1.82) is 0 Å². The second-order valence-electron chi connectivity index (χ2n) is 4.15. The predicted molar refractivity (Wildman–Crippen MR) is 72.9 cm³/mol. The van der Waals surface area contributed by atoms with Gasteiger partial charge in [0.1, 0.15) is 6.54 Å². The van der Waals surface area contributed by atoms with Gasteiger partial charge >= 0.3 is 0 Å². The summed E-state index contributed by atoms with van der Waals surface area (Å²) in [5.41, 5.74) is 0.439. The monoisotopic (exact) mass is 260 g/mol. The Labute approximate surface area is 110 Å². The number of carbonyl (C=O) groups excluding carboxylic acids is 1. The molecule has 0 radical (unpaired) electrons. The molecular weight excluding hydrogens is 244 g/mol. The molecule has 1 aromatic heterocycles. The van der Waals surface area contributed by atoms with Crippen molar-refractivity contribution in [2.75, 3.05) is 20.1 Å². The van der Waals surface area contributed by atoms with Crippen molar-refractivity contribution in [3.63, 3.8) is 0 Å². The van der Waals surface area contributed by atoms with Gasteiger partial charge in [-0.05, 0) is 19.2 Å². The van der Waals surface area contributed by atoms with Gasteiger partial charge in [0, 0.05) is 13.1 Å². The first-order chi connectivity index (χ1) is 9.22. The minimum absolute atomic E-state index is 0.0135. The Kier molecular flexibility index (Phi) is 4.25. The summed E-state index contributed by atoms with van der Waals surface area (Å²) < 4.78 is 1.32. The average molecular weight is 260 g/mol. The van der Waals surface area contributed by atoms with E-state index in [2.05, 4.69) is 15.6 Å². The molecule has 2 rings (SSSR count). The molecule has 0 unspecified atom stereocenters. The lowest BCUT2D eigenvalue weighted by atomic mass is 10.2. The van der Waals surface area contributed by atoms with Crippen LogP contribution in [-0.2, 0) is 11.3 Å². The maximum atomic E-state index is 12.1. The van der Waals surface area contributed by atoms with Crippen LogP contribution < -0.4 is 16.2 Å². The molecule has 1 heterocycles. The topological polar surface area (TPSA) is 76.0 Å². The van der Waals surface area contributed by atoms with Crippen LogP contribution in [0.1, 0.15) is 0 Å². The van der Waals surface area contributed by atoms with E-state index < -0.39 is 0 Å². The highest BCUT2D eigenvalue weighted by molar-refractivity contribution is 5.78. The second kappa shape index (κ2) is 6.10. The van der Waals surface area contributed by atoms with E-state index >= 15 is 0 Å². The molecule has 6 nitrogen and oxygen atoms in total. The minimum atomic E-state index is -0.200. The number of nitrogens with zero attached hydrogens (tertiary/aromatic N) is 2. The molecule has 100 valence electrons. The zero-order chi connectivity index (χ0) is 13.7. The number of hydrogen-bond donors (Lipinski definition) is 2. The number of para-hydroxylation sites is 1. The Morgan fingerprint density at radius 3 is 2.89 bits per heavy atom. The number of amides is 1. The van der Waals surface area contributed by atoms with Gasteiger partial charge in [0.25, 0.3) is 5.56 Å². The molecule has 2 N–H and O–H groups in total. The SMILES string of the molecule is CNCCNC(=O)Cn1cnc2ccccc2c1=O. The fourth-order valence-corrected chi connectivity index (χ4v) is 1.76. The Balaban J connectivity index is 2.15. The van der Waals surface area contributed by atoms with E-state index in [1.807, 2.05) is 13.1 Å². The standard InChI is InChI=1S/C13H16N4O2/c1-14-6-7-15-12(18)8-17-9-16-11-5-3-2-4-10(11)13(17)19/h2-5,9,14H,6-8H2,1H3,(H,15,18). The van der Waals surface area contributed by atoms with Crippen molar-refractivity contribution in [1.82, 2.24) is 20.2 Å². The first-order valence-corrected chi connectivity index (χ1v) is 6.08. The third-order valence-corrected chi connectivity index (χ3v) is 2.74. The molecule has 0 atom stereocenters. The summed E-state index contributed by atoms with van der Waals surface area (Å²) in [6.07, 6.45) is 1.41. The van der Waals surface area contributed by atoms with Gasteiger partial charge in [0.05, 0.1) is 17.2 Å². The van der Waals surface area contributed by atoms with Crippen LogP contribution in [0.5, 0.6) is 0 Å². The van der Waals surface area contributed by atoms with E-state index in [-0.39, 0.29) is 18.0 Å². The third kappa shape index (κ3) is 3.17. The first-order valence-electron chi connectivity index (χ1n) is 6.08. The molecule has 6 heteroatoms. The van der Waals surface area contributed by atoms with Gasteiger partial charge in [-0.1, -0.05) is 12.1 Å². The van der Waals surface area contributed by atoms with Crippen molar-refractivity contribution in [3.05, 3.63) is 40.9 Å². The number of hydrogen-bond acceptors (Lipinski definition) is 4. The molecule has 2 aromatic rings. The van der Waals surface area contributed by atoms with E-state index in [0.717, 1.165) is 0 Å². The third-order valence-electron chi connectivity index (χ3n) is 2.74. The fourth-order valence-electron chi connectivity index (χ4n) is 1.76. The molecule has 19 heavy (non-hydrogen) atoms. The Morgan fingerprint density at radius 2 is 2.11 bits per heavy atom. The van der Waals surface area contributed by atoms with Gasteiger partial charge in [-0.15, -0.1) is 0 Å². The highest BCUT2D eigenvalue weighted by atomic mass is 16.2. The number of benzene rings is 1. The average Bonchev–Trinajstić information content (AvgIpc) is 2.43. The summed E-state index contributed by atoms with van der Waals surface area (Å²) in [4.78, 5) is 27.9. The van der Waals surface area contributed by atoms with Crippen molar-refractivity contribution in [3.8, 4) is 0 Å². The van der Waals surface area contributed by atoms with E-state index in [1.165, 1.54) is 10.9 Å². The number of carbonyl (C=O) groups is 1. The van der Waals surface area contributed by atoms with Gasteiger partial charge in [0.15, 0.2) is 0 Å². The zero-order valence-electron chi connectivity index (χ0n) is 10.7. The normalized spacial score (nSPS) is 10.6. The molecule has 0 saturated heterocycles.